The number of hydrogen-bond acceptors (Lipinski definition) is 5. The number of amides is 3. The maximum atomic E-state index is 12.1. The molecule has 0 aliphatic heterocycles. The van der Waals surface area contributed by atoms with Crippen molar-refractivity contribution in [3.63, 3.8) is 0 Å². The number of ether oxygens (including phenoxy) is 1. The van der Waals surface area contributed by atoms with Crippen LogP contribution in [-0.4, -0.2) is 36.8 Å². The first-order chi connectivity index (χ1) is 11.0. The number of imide groups is 1. The van der Waals surface area contributed by atoms with Crippen molar-refractivity contribution < 1.29 is 23.9 Å². The average molecular weight is 324 g/mol. The number of carbonyl (C=O) groups excluding carboxylic acids is 4. The van der Waals surface area contributed by atoms with Gasteiger partial charge in [-0.2, -0.15) is 0 Å². The predicted octanol–water partition coefficient (Wildman–Crippen LogP) is 1.16. The first-order valence-electron chi connectivity index (χ1n) is 8.29. The molecule has 128 valence electrons. The lowest BCUT2D eigenvalue weighted by Gasteiger charge is -2.36. The molecule has 0 aromatic carbocycles. The Morgan fingerprint density at radius 2 is 1.83 bits per heavy atom. The molecule has 0 radical (unpaired) electrons. The first-order valence-corrected chi connectivity index (χ1v) is 8.29. The number of carbonyl (C=O) groups is 4. The Morgan fingerprint density at radius 1 is 1.17 bits per heavy atom. The third-order valence-corrected chi connectivity index (χ3v) is 4.52. The molecule has 2 N–H and O–H groups in total. The van der Waals surface area contributed by atoms with Crippen LogP contribution >= 0.6 is 0 Å². The lowest BCUT2D eigenvalue weighted by Crippen LogP contribution is -2.43. The van der Waals surface area contributed by atoms with Crippen LogP contribution in [0.15, 0.2) is 0 Å². The van der Waals surface area contributed by atoms with Crippen molar-refractivity contribution in [3.05, 3.63) is 0 Å². The van der Waals surface area contributed by atoms with E-state index in [2.05, 4.69) is 10.6 Å². The van der Waals surface area contributed by atoms with Gasteiger partial charge >= 0.3 is 12.0 Å². The monoisotopic (exact) mass is 324 g/mol. The van der Waals surface area contributed by atoms with Gasteiger partial charge in [0.25, 0.3) is 5.91 Å². The molecule has 2 rings (SSSR count). The molecule has 7 heteroatoms. The van der Waals surface area contributed by atoms with Crippen molar-refractivity contribution in [2.45, 2.75) is 45.4 Å². The molecular formula is C16H24N2O5. The van der Waals surface area contributed by atoms with E-state index >= 15 is 0 Å². The fourth-order valence-corrected chi connectivity index (χ4v) is 3.37. The molecule has 0 heterocycles. The predicted molar refractivity (Wildman–Crippen MR) is 81.4 cm³/mol. The molecular weight excluding hydrogens is 300 g/mol. The largest absolute Gasteiger partial charge is 0.455 e. The summed E-state index contributed by atoms with van der Waals surface area (Å²) in [4.78, 5) is 46.9. The van der Waals surface area contributed by atoms with Crippen LogP contribution in [0, 0.1) is 17.8 Å². The van der Waals surface area contributed by atoms with Crippen molar-refractivity contribution in [2.24, 2.45) is 17.8 Å². The number of rotatable bonds is 5. The molecule has 2 aliphatic carbocycles. The fourth-order valence-electron chi connectivity index (χ4n) is 3.37. The zero-order valence-corrected chi connectivity index (χ0v) is 13.4. The summed E-state index contributed by atoms with van der Waals surface area (Å²) in [6, 6.07) is -0.592. The van der Waals surface area contributed by atoms with Gasteiger partial charge in [0.1, 0.15) is 5.78 Å². The molecule has 2 aliphatic rings. The first kappa shape index (κ1) is 17.4. The van der Waals surface area contributed by atoms with Crippen LogP contribution in [0.5, 0.6) is 0 Å². The van der Waals surface area contributed by atoms with Gasteiger partial charge < -0.3 is 10.1 Å². The van der Waals surface area contributed by atoms with Crippen LogP contribution in [-0.2, 0) is 19.1 Å². The minimum Gasteiger partial charge on any atom is -0.455 e. The zero-order chi connectivity index (χ0) is 16.8. The van der Waals surface area contributed by atoms with Crippen LogP contribution in [0.1, 0.15) is 45.4 Å². The normalized spacial score (nSPS) is 26.3. The van der Waals surface area contributed by atoms with Crippen LogP contribution in [0.4, 0.5) is 4.79 Å². The third-order valence-electron chi connectivity index (χ3n) is 4.52. The Labute approximate surface area is 135 Å². The second kappa shape index (κ2) is 8.08. The summed E-state index contributed by atoms with van der Waals surface area (Å²) in [7, 11) is 0. The number of ketones is 1. The molecule has 23 heavy (non-hydrogen) atoms. The molecule has 2 fully saturated rings. The maximum absolute atomic E-state index is 12.1. The standard InChI is InChI=1S/C16H24N2O5/c1-2-6-17-16(22)18-13(19)9-23-15(21)12-7-10-4-3-5-11(8-12)14(10)20/h10-12H,2-9H2,1H3,(H2,17,18,19,22)/t10-,11-/m1/s1. The number of Topliss-reactive ketones (excluding diaryl/α,β-unsaturated/α-hetero) is 1. The van der Waals surface area contributed by atoms with Gasteiger partial charge in [-0.3, -0.25) is 19.7 Å². The molecule has 3 amide bonds. The quantitative estimate of drug-likeness (QED) is 0.739. The lowest BCUT2D eigenvalue weighted by atomic mass is 9.67. The van der Waals surface area contributed by atoms with E-state index in [9.17, 15) is 19.2 Å². The minimum absolute atomic E-state index is 0.0336. The van der Waals surface area contributed by atoms with Crippen molar-refractivity contribution in [2.75, 3.05) is 13.2 Å². The second-order valence-electron chi connectivity index (χ2n) is 6.31. The smallest absolute Gasteiger partial charge is 0.321 e. The molecule has 0 aromatic heterocycles. The molecule has 0 unspecified atom stereocenters. The topological polar surface area (TPSA) is 102 Å². The summed E-state index contributed by atoms with van der Waals surface area (Å²) in [6.45, 7) is 1.89. The van der Waals surface area contributed by atoms with Crippen molar-refractivity contribution >= 4 is 23.7 Å². The van der Waals surface area contributed by atoms with Gasteiger partial charge in [-0.1, -0.05) is 13.3 Å². The van der Waals surface area contributed by atoms with Crippen molar-refractivity contribution in [1.82, 2.24) is 10.6 Å². The highest BCUT2D eigenvalue weighted by molar-refractivity contribution is 5.95. The molecule has 0 saturated heterocycles. The van der Waals surface area contributed by atoms with Crippen LogP contribution in [0.2, 0.25) is 0 Å². The van der Waals surface area contributed by atoms with E-state index in [1.165, 1.54) is 0 Å². The van der Waals surface area contributed by atoms with Gasteiger partial charge in [0, 0.05) is 18.4 Å². The Kier molecular flexibility index (Phi) is 6.12. The number of fused-ring (bicyclic) bond motifs is 2. The van der Waals surface area contributed by atoms with E-state index in [-0.39, 0.29) is 23.5 Å². The summed E-state index contributed by atoms with van der Waals surface area (Å²) in [6.07, 6.45) is 4.53. The number of urea groups is 1. The van der Waals surface area contributed by atoms with Crippen molar-refractivity contribution in [3.8, 4) is 0 Å². The second-order valence-corrected chi connectivity index (χ2v) is 6.31. The van der Waals surface area contributed by atoms with Crippen LogP contribution in [0.25, 0.3) is 0 Å². The van der Waals surface area contributed by atoms with Crippen LogP contribution < -0.4 is 10.6 Å². The van der Waals surface area contributed by atoms with Gasteiger partial charge in [-0.25, -0.2) is 4.79 Å². The highest BCUT2D eigenvalue weighted by atomic mass is 16.5. The molecule has 0 spiro atoms. The summed E-state index contributed by atoms with van der Waals surface area (Å²) in [5.74, 6) is -1.20. The van der Waals surface area contributed by atoms with Gasteiger partial charge in [0.05, 0.1) is 5.92 Å². The fraction of sp³-hybridized carbons (Fsp3) is 0.750. The summed E-state index contributed by atoms with van der Waals surface area (Å²) >= 11 is 0. The van der Waals surface area contributed by atoms with E-state index < -0.39 is 24.5 Å². The Bertz CT molecular complexity index is 475. The van der Waals surface area contributed by atoms with E-state index in [0.29, 0.717) is 19.4 Å². The number of esters is 1. The third kappa shape index (κ3) is 4.77. The number of nitrogens with one attached hydrogen (secondary N) is 2. The molecule has 0 aromatic rings. The van der Waals surface area contributed by atoms with E-state index in [1.54, 1.807) is 0 Å². The van der Waals surface area contributed by atoms with Crippen molar-refractivity contribution in [1.29, 1.82) is 0 Å². The van der Waals surface area contributed by atoms with E-state index in [0.717, 1.165) is 25.7 Å². The SMILES string of the molecule is CCCNC(=O)NC(=O)COC(=O)C1C[C@H]2CCC[C@H](C1)C2=O. The van der Waals surface area contributed by atoms with E-state index in [4.69, 9.17) is 4.74 Å². The van der Waals surface area contributed by atoms with Gasteiger partial charge in [-0.05, 0) is 32.1 Å². The van der Waals surface area contributed by atoms with Gasteiger partial charge in [0.2, 0.25) is 0 Å². The molecule has 2 atom stereocenters. The summed E-state index contributed by atoms with van der Waals surface area (Å²) in [5.41, 5.74) is 0. The highest BCUT2D eigenvalue weighted by Gasteiger charge is 2.41. The van der Waals surface area contributed by atoms with E-state index in [1.807, 2.05) is 6.92 Å². The molecule has 2 saturated carbocycles. The maximum Gasteiger partial charge on any atom is 0.321 e. The summed E-state index contributed by atoms with van der Waals surface area (Å²) < 4.78 is 5.01. The molecule has 7 nitrogen and oxygen atoms in total. The molecule has 2 bridgehead atoms. The highest BCUT2D eigenvalue weighted by Crippen LogP contribution is 2.40. The van der Waals surface area contributed by atoms with Gasteiger partial charge in [-0.15, -0.1) is 0 Å². The lowest BCUT2D eigenvalue weighted by molar-refractivity contribution is -0.156. The van der Waals surface area contributed by atoms with Gasteiger partial charge in [0.15, 0.2) is 6.61 Å². The Morgan fingerprint density at radius 3 is 2.43 bits per heavy atom. The van der Waals surface area contributed by atoms with Crippen LogP contribution in [0.3, 0.4) is 0 Å². The number of hydrogen-bond donors (Lipinski definition) is 2. The zero-order valence-electron chi connectivity index (χ0n) is 13.4. The average Bonchev–Trinajstić information content (AvgIpc) is 2.50. The summed E-state index contributed by atoms with van der Waals surface area (Å²) in [5, 5.41) is 4.60. The Hall–Kier alpha value is -1.92. The minimum atomic E-state index is -0.654. The Balaban J connectivity index is 1.73.